The molecule has 1 aliphatic heterocycles. The van der Waals surface area contributed by atoms with Gasteiger partial charge in [-0.05, 0) is 38.5 Å². The number of nitrogens with one attached hydrogen (secondary N) is 1. The van der Waals surface area contributed by atoms with E-state index in [1.807, 2.05) is 62.1 Å². The van der Waals surface area contributed by atoms with Crippen molar-refractivity contribution in [3.63, 3.8) is 0 Å². The number of Topliss-reactive ketones (excluding diaryl/α,β-unsaturated/α-hetero) is 1. The Balaban J connectivity index is 1.75. The zero-order valence-electron chi connectivity index (χ0n) is 17.3. The highest BCUT2D eigenvalue weighted by molar-refractivity contribution is 5.99. The van der Waals surface area contributed by atoms with E-state index >= 15 is 0 Å². The van der Waals surface area contributed by atoms with Gasteiger partial charge in [0.05, 0.1) is 6.54 Å². The van der Waals surface area contributed by atoms with E-state index in [0.29, 0.717) is 24.4 Å². The minimum atomic E-state index is -0.483. The lowest BCUT2D eigenvalue weighted by molar-refractivity contribution is -0.128. The molecule has 0 fully saturated rings. The molecule has 29 heavy (non-hydrogen) atoms. The molecule has 5 heteroatoms. The van der Waals surface area contributed by atoms with Gasteiger partial charge in [-0.3, -0.25) is 9.59 Å². The lowest BCUT2D eigenvalue weighted by Crippen LogP contribution is -2.51. The Labute approximate surface area is 172 Å². The molecule has 0 spiro atoms. The maximum atomic E-state index is 13.0. The number of amides is 1. The van der Waals surface area contributed by atoms with Crippen molar-refractivity contribution >= 4 is 11.7 Å². The van der Waals surface area contributed by atoms with Crippen LogP contribution in [0.3, 0.4) is 0 Å². The highest BCUT2D eigenvalue weighted by Crippen LogP contribution is 2.28. The summed E-state index contributed by atoms with van der Waals surface area (Å²) in [5.41, 5.74) is 2.44. The molecular formula is C24H28N2O3. The summed E-state index contributed by atoms with van der Waals surface area (Å²) in [6.45, 7) is 10.4. The average molecular weight is 392 g/mol. The molecule has 3 rings (SSSR count). The number of fused-ring (bicyclic) bond motifs is 1. The second kappa shape index (κ2) is 8.52. The predicted octanol–water partition coefficient (Wildman–Crippen LogP) is 3.70. The monoisotopic (exact) mass is 392 g/mol. The second-order valence-electron chi connectivity index (χ2n) is 8.23. The molecule has 0 saturated heterocycles. The van der Waals surface area contributed by atoms with Gasteiger partial charge in [0, 0.05) is 18.5 Å². The number of hydrogen-bond acceptors (Lipinski definition) is 4. The van der Waals surface area contributed by atoms with E-state index in [0.717, 1.165) is 11.1 Å². The lowest BCUT2D eigenvalue weighted by Gasteiger charge is -2.39. The Bertz CT molecular complexity index is 900. The molecule has 1 heterocycles. The van der Waals surface area contributed by atoms with Gasteiger partial charge >= 0.3 is 0 Å². The van der Waals surface area contributed by atoms with Gasteiger partial charge in [0.1, 0.15) is 11.6 Å². The Morgan fingerprint density at radius 1 is 1.07 bits per heavy atom. The molecule has 2 aromatic rings. The predicted molar refractivity (Wildman–Crippen MR) is 113 cm³/mol. The largest absolute Gasteiger partial charge is 0.474 e. The third kappa shape index (κ3) is 5.25. The minimum absolute atomic E-state index is 0.0402. The number of benzene rings is 2. The molecule has 0 radical (unpaired) electrons. The van der Waals surface area contributed by atoms with E-state index in [9.17, 15) is 9.59 Å². The first kappa shape index (κ1) is 20.6. The van der Waals surface area contributed by atoms with Crippen LogP contribution in [0.1, 0.15) is 42.3 Å². The van der Waals surface area contributed by atoms with Crippen molar-refractivity contribution in [2.45, 2.75) is 45.4 Å². The third-order valence-electron chi connectivity index (χ3n) is 4.81. The van der Waals surface area contributed by atoms with Crippen molar-refractivity contribution in [3.8, 4) is 0 Å². The number of hydrogen-bond donors (Lipinski definition) is 1. The van der Waals surface area contributed by atoms with Gasteiger partial charge in [-0.15, -0.1) is 0 Å². The maximum absolute atomic E-state index is 13.0. The molecule has 5 nitrogen and oxygen atoms in total. The molecular weight excluding hydrogens is 364 g/mol. The van der Waals surface area contributed by atoms with Crippen LogP contribution in [0.15, 0.2) is 67.1 Å². The molecule has 2 aromatic carbocycles. The summed E-state index contributed by atoms with van der Waals surface area (Å²) in [6.07, 6.45) is 0.536. The summed E-state index contributed by atoms with van der Waals surface area (Å²) in [7, 11) is 0. The lowest BCUT2D eigenvalue weighted by atomic mass is 9.93. The first-order valence-corrected chi connectivity index (χ1v) is 9.82. The van der Waals surface area contributed by atoms with Crippen molar-refractivity contribution in [2.75, 3.05) is 6.54 Å². The molecule has 152 valence electrons. The summed E-state index contributed by atoms with van der Waals surface area (Å²) in [6, 6.07) is 16.5. The molecule has 1 N–H and O–H groups in total. The number of ketones is 1. The first-order chi connectivity index (χ1) is 13.7. The van der Waals surface area contributed by atoms with Gasteiger partial charge in [0.25, 0.3) is 0 Å². The molecule has 0 unspecified atom stereocenters. The summed E-state index contributed by atoms with van der Waals surface area (Å²) in [5, 5.41) is 2.80. The van der Waals surface area contributed by atoms with Crippen LogP contribution in [0.5, 0.6) is 0 Å². The van der Waals surface area contributed by atoms with Gasteiger partial charge in [0.15, 0.2) is 11.7 Å². The van der Waals surface area contributed by atoms with E-state index in [-0.39, 0.29) is 18.2 Å². The summed E-state index contributed by atoms with van der Waals surface area (Å²) < 4.78 is 5.95. The average Bonchev–Trinajstić information content (AvgIpc) is 2.70. The SMILES string of the molecule is C=C(OC(C)(C)C)N1Cc2ccccc2C[C@H]1C(=O)NCC(=O)c1ccccc1. The Hall–Kier alpha value is -3.08. The molecule has 0 aliphatic carbocycles. The van der Waals surface area contributed by atoms with Crippen molar-refractivity contribution in [2.24, 2.45) is 0 Å². The second-order valence-corrected chi connectivity index (χ2v) is 8.23. The highest BCUT2D eigenvalue weighted by Gasteiger charge is 2.34. The van der Waals surface area contributed by atoms with Crippen LogP contribution in [0.2, 0.25) is 0 Å². The maximum Gasteiger partial charge on any atom is 0.243 e. The van der Waals surface area contributed by atoms with Crippen molar-refractivity contribution in [1.29, 1.82) is 0 Å². The fraction of sp³-hybridized carbons (Fsp3) is 0.333. The molecule has 1 atom stereocenters. The van der Waals surface area contributed by atoms with Gasteiger partial charge in [-0.2, -0.15) is 0 Å². The van der Waals surface area contributed by atoms with E-state index in [1.165, 1.54) is 0 Å². The summed E-state index contributed by atoms with van der Waals surface area (Å²) >= 11 is 0. The number of carbonyl (C=O) groups excluding carboxylic acids is 2. The number of carbonyl (C=O) groups is 2. The number of nitrogens with zero attached hydrogens (tertiary/aromatic N) is 1. The van der Waals surface area contributed by atoms with Crippen LogP contribution in [-0.2, 0) is 22.5 Å². The van der Waals surface area contributed by atoms with Crippen molar-refractivity contribution in [3.05, 3.63) is 83.7 Å². The molecule has 0 aromatic heterocycles. The zero-order chi connectivity index (χ0) is 21.0. The van der Waals surface area contributed by atoms with Gasteiger partial charge < -0.3 is 15.0 Å². The fourth-order valence-electron chi connectivity index (χ4n) is 3.44. The molecule has 0 bridgehead atoms. The first-order valence-electron chi connectivity index (χ1n) is 9.82. The Morgan fingerprint density at radius 2 is 1.69 bits per heavy atom. The van der Waals surface area contributed by atoms with Gasteiger partial charge in [-0.1, -0.05) is 54.6 Å². The van der Waals surface area contributed by atoms with Crippen LogP contribution in [0.4, 0.5) is 0 Å². The van der Waals surface area contributed by atoms with E-state index in [4.69, 9.17) is 4.74 Å². The summed E-state index contributed by atoms with van der Waals surface area (Å²) in [4.78, 5) is 27.3. The highest BCUT2D eigenvalue weighted by atomic mass is 16.5. The Kier molecular flexibility index (Phi) is 6.06. The standard InChI is InChI=1S/C24H28N2O3/c1-17(29-24(2,3)4)26-16-20-13-9-8-12-19(20)14-21(26)23(28)25-15-22(27)18-10-6-5-7-11-18/h5-13,21H,1,14-16H2,2-4H3,(H,25,28)/t21-/m0/s1. The van der Waals surface area contributed by atoms with Crippen molar-refractivity contribution in [1.82, 2.24) is 10.2 Å². The van der Waals surface area contributed by atoms with Gasteiger partial charge in [0.2, 0.25) is 5.91 Å². The fourth-order valence-corrected chi connectivity index (χ4v) is 3.44. The Morgan fingerprint density at radius 3 is 2.34 bits per heavy atom. The van der Waals surface area contributed by atoms with Crippen LogP contribution >= 0.6 is 0 Å². The van der Waals surface area contributed by atoms with Crippen LogP contribution in [0, 0.1) is 0 Å². The molecule has 1 amide bonds. The zero-order valence-corrected chi connectivity index (χ0v) is 17.3. The topological polar surface area (TPSA) is 58.6 Å². The van der Waals surface area contributed by atoms with Gasteiger partial charge in [-0.25, -0.2) is 0 Å². The van der Waals surface area contributed by atoms with Crippen LogP contribution < -0.4 is 5.32 Å². The van der Waals surface area contributed by atoms with E-state index < -0.39 is 11.6 Å². The van der Waals surface area contributed by atoms with E-state index in [1.54, 1.807) is 12.1 Å². The number of rotatable bonds is 6. The van der Waals surface area contributed by atoms with Crippen LogP contribution in [0.25, 0.3) is 0 Å². The van der Waals surface area contributed by atoms with Crippen LogP contribution in [-0.4, -0.2) is 34.8 Å². The van der Waals surface area contributed by atoms with Crippen molar-refractivity contribution < 1.29 is 14.3 Å². The smallest absolute Gasteiger partial charge is 0.243 e. The number of ether oxygens (including phenoxy) is 1. The summed E-state index contributed by atoms with van der Waals surface area (Å²) in [5.74, 6) is 0.135. The third-order valence-corrected chi connectivity index (χ3v) is 4.81. The van der Waals surface area contributed by atoms with E-state index in [2.05, 4.69) is 18.0 Å². The quantitative estimate of drug-likeness (QED) is 0.602. The minimum Gasteiger partial charge on any atom is -0.474 e. The molecule has 1 aliphatic rings. The normalized spacial score (nSPS) is 16.0. The molecule has 0 saturated carbocycles.